The van der Waals surface area contributed by atoms with Gasteiger partial charge in [0.15, 0.2) is 0 Å². The molecule has 1 aromatic carbocycles. The van der Waals surface area contributed by atoms with E-state index in [1.165, 1.54) is 28.2 Å². The predicted molar refractivity (Wildman–Crippen MR) is 79.6 cm³/mol. The van der Waals surface area contributed by atoms with Crippen LogP contribution in [0.3, 0.4) is 0 Å². The first-order valence-electron chi connectivity index (χ1n) is 6.54. The zero-order chi connectivity index (χ0) is 12.6. The summed E-state index contributed by atoms with van der Waals surface area (Å²) >= 11 is 8.65. The van der Waals surface area contributed by atoms with Gasteiger partial charge in [-0.1, -0.05) is 37.3 Å². The first-order valence-corrected chi connectivity index (χ1v) is 7.80. The monoisotopic (exact) mass is 276 g/mol. The van der Waals surface area contributed by atoms with E-state index in [1.54, 1.807) is 0 Å². The molecule has 0 aliphatic heterocycles. The quantitative estimate of drug-likeness (QED) is 0.663. The fourth-order valence-electron chi connectivity index (χ4n) is 2.59. The second kappa shape index (κ2) is 4.71. The Hall–Kier alpha value is -0.790. The number of rotatable bonds is 4. The van der Waals surface area contributed by atoms with Crippen molar-refractivity contribution in [2.24, 2.45) is 0 Å². The van der Waals surface area contributed by atoms with Gasteiger partial charge in [-0.2, -0.15) is 0 Å². The van der Waals surface area contributed by atoms with Crippen LogP contribution in [0.4, 0.5) is 0 Å². The normalized spacial score (nSPS) is 18.6. The minimum Gasteiger partial charge on any atom is -0.144 e. The van der Waals surface area contributed by atoms with Crippen molar-refractivity contribution in [2.75, 3.05) is 0 Å². The topological polar surface area (TPSA) is 0 Å². The third kappa shape index (κ3) is 2.00. The third-order valence-electron chi connectivity index (χ3n) is 3.90. The molecule has 94 valence electrons. The Balaban J connectivity index is 1.90. The lowest BCUT2D eigenvalue weighted by Gasteiger charge is -2.21. The largest absolute Gasteiger partial charge is 0.144 e. The molecule has 1 atom stereocenters. The summed E-state index contributed by atoms with van der Waals surface area (Å²) in [7, 11) is 0. The molecule has 0 nitrogen and oxygen atoms in total. The molecule has 1 aliphatic rings. The fraction of sp³-hybridized carbons (Fsp3) is 0.375. The van der Waals surface area contributed by atoms with Crippen LogP contribution in [-0.4, -0.2) is 0 Å². The lowest BCUT2D eigenvalue weighted by Crippen LogP contribution is -2.12. The molecule has 2 aromatic rings. The molecule has 0 spiro atoms. The Bertz CT molecular complexity index is 525. The van der Waals surface area contributed by atoms with Gasteiger partial charge in [0.2, 0.25) is 0 Å². The molecule has 1 aromatic heterocycles. The van der Waals surface area contributed by atoms with Crippen molar-refractivity contribution in [1.29, 1.82) is 0 Å². The lowest BCUT2D eigenvalue weighted by molar-refractivity contribution is 0.670. The highest BCUT2D eigenvalue weighted by Gasteiger charge is 2.50. The summed E-state index contributed by atoms with van der Waals surface area (Å²) in [4.78, 5) is 2.76. The smallest absolute Gasteiger partial charge is 0.0775 e. The zero-order valence-corrected chi connectivity index (χ0v) is 12.1. The molecular formula is C16H17ClS. The zero-order valence-electron chi connectivity index (χ0n) is 10.5. The van der Waals surface area contributed by atoms with Crippen molar-refractivity contribution < 1.29 is 0 Å². The summed E-state index contributed by atoms with van der Waals surface area (Å²) in [5, 5.41) is 0.130. The van der Waals surface area contributed by atoms with Crippen molar-refractivity contribution >= 4 is 22.9 Å². The Morgan fingerprint density at radius 1 is 1.17 bits per heavy atom. The maximum Gasteiger partial charge on any atom is 0.0775 e. The summed E-state index contributed by atoms with van der Waals surface area (Å²) < 4.78 is 0. The molecule has 0 bridgehead atoms. The number of halogens is 1. The maximum absolute atomic E-state index is 6.78. The summed E-state index contributed by atoms with van der Waals surface area (Å²) in [6, 6.07) is 15.2. The van der Waals surface area contributed by atoms with E-state index in [0.717, 1.165) is 6.42 Å². The third-order valence-corrected chi connectivity index (χ3v) is 5.98. The van der Waals surface area contributed by atoms with E-state index in [0.29, 0.717) is 0 Å². The van der Waals surface area contributed by atoms with Crippen LogP contribution >= 0.6 is 22.9 Å². The summed E-state index contributed by atoms with van der Waals surface area (Å²) in [5.74, 6) is 0. The van der Waals surface area contributed by atoms with Gasteiger partial charge in [-0.15, -0.1) is 22.9 Å². The summed E-state index contributed by atoms with van der Waals surface area (Å²) in [6.45, 7) is 2.20. The van der Waals surface area contributed by atoms with Gasteiger partial charge in [0.25, 0.3) is 0 Å². The number of thiophene rings is 1. The standard InChI is InChI=1S/C16H17ClS/c1-2-13-8-9-14(18-13)15(17)16(10-11-16)12-6-4-3-5-7-12/h3-9,15H,2,10-11H2,1H3. The number of hydrogen-bond acceptors (Lipinski definition) is 1. The van der Waals surface area contributed by atoms with E-state index in [9.17, 15) is 0 Å². The lowest BCUT2D eigenvalue weighted by atomic mass is 9.91. The highest BCUT2D eigenvalue weighted by Crippen LogP contribution is 2.60. The molecule has 0 N–H and O–H groups in total. The molecule has 1 saturated carbocycles. The molecule has 2 heteroatoms. The highest BCUT2D eigenvalue weighted by molar-refractivity contribution is 7.12. The Kier molecular flexibility index (Phi) is 3.21. The van der Waals surface area contributed by atoms with E-state index < -0.39 is 0 Å². The van der Waals surface area contributed by atoms with Crippen LogP contribution in [0, 0.1) is 0 Å². The van der Waals surface area contributed by atoms with Crippen molar-refractivity contribution in [2.45, 2.75) is 37.0 Å². The van der Waals surface area contributed by atoms with Crippen molar-refractivity contribution in [3.05, 3.63) is 57.8 Å². The number of benzene rings is 1. The van der Waals surface area contributed by atoms with Gasteiger partial charge < -0.3 is 0 Å². The highest BCUT2D eigenvalue weighted by atomic mass is 35.5. The Morgan fingerprint density at radius 2 is 1.89 bits per heavy atom. The van der Waals surface area contributed by atoms with Crippen LogP contribution in [0.1, 0.15) is 40.5 Å². The van der Waals surface area contributed by atoms with Gasteiger partial charge >= 0.3 is 0 Å². The Labute approximate surface area is 118 Å². The van der Waals surface area contributed by atoms with Crippen LogP contribution in [0.2, 0.25) is 0 Å². The molecule has 0 amide bonds. The van der Waals surface area contributed by atoms with Gasteiger partial charge in [0.1, 0.15) is 0 Å². The molecule has 18 heavy (non-hydrogen) atoms. The second-order valence-corrected chi connectivity index (χ2v) is 6.68. The minimum absolute atomic E-state index is 0.130. The fourth-order valence-corrected chi connectivity index (χ4v) is 4.19. The van der Waals surface area contributed by atoms with Gasteiger partial charge in [0.05, 0.1) is 5.38 Å². The SMILES string of the molecule is CCc1ccc(C(Cl)C2(c3ccccc3)CC2)s1. The first kappa shape index (κ1) is 12.3. The van der Waals surface area contributed by atoms with Crippen LogP contribution in [0.5, 0.6) is 0 Å². The maximum atomic E-state index is 6.78. The molecular weight excluding hydrogens is 260 g/mol. The van der Waals surface area contributed by atoms with Crippen LogP contribution in [0.15, 0.2) is 42.5 Å². The minimum atomic E-state index is 0.130. The Morgan fingerprint density at radius 3 is 2.44 bits per heavy atom. The van der Waals surface area contributed by atoms with Gasteiger partial charge in [-0.3, -0.25) is 0 Å². The van der Waals surface area contributed by atoms with E-state index >= 15 is 0 Å². The predicted octanol–water partition coefficient (Wildman–Crippen LogP) is 5.32. The van der Waals surface area contributed by atoms with E-state index in [2.05, 4.69) is 49.4 Å². The first-order chi connectivity index (χ1) is 8.76. The van der Waals surface area contributed by atoms with Gasteiger partial charge in [0, 0.05) is 15.2 Å². The average molecular weight is 277 g/mol. The number of hydrogen-bond donors (Lipinski definition) is 0. The van der Waals surface area contributed by atoms with Crippen molar-refractivity contribution in [3.63, 3.8) is 0 Å². The van der Waals surface area contributed by atoms with E-state index in [-0.39, 0.29) is 10.8 Å². The number of aryl methyl sites for hydroxylation is 1. The molecule has 1 aliphatic carbocycles. The van der Waals surface area contributed by atoms with E-state index in [4.69, 9.17) is 11.6 Å². The van der Waals surface area contributed by atoms with Crippen LogP contribution < -0.4 is 0 Å². The second-order valence-electron chi connectivity index (χ2n) is 5.04. The molecule has 3 rings (SSSR count). The number of alkyl halides is 1. The van der Waals surface area contributed by atoms with Crippen molar-refractivity contribution in [1.82, 2.24) is 0 Å². The summed E-state index contributed by atoms with van der Waals surface area (Å²) in [6.07, 6.45) is 3.53. The van der Waals surface area contributed by atoms with E-state index in [1.807, 2.05) is 11.3 Å². The molecule has 0 saturated heterocycles. The van der Waals surface area contributed by atoms with Gasteiger partial charge in [-0.05, 0) is 37.0 Å². The van der Waals surface area contributed by atoms with Crippen molar-refractivity contribution in [3.8, 4) is 0 Å². The van der Waals surface area contributed by atoms with Crippen LogP contribution in [0.25, 0.3) is 0 Å². The molecule has 1 unspecified atom stereocenters. The van der Waals surface area contributed by atoms with Crippen LogP contribution in [-0.2, 0) is 11.8 Å². The average Bonchev–Trinajstić information content (AvgIpc) is 3.10. The molecule has 0 radical (unpaired) electrons. The molecule has 1 heterocycles. The van der Waals surface area contributed by atoms with Gasteiger partial charge in [-0.25, -0.2) is 0 Å². The molecule has 1 fully saturated rings. The summed E-state index contributed by atoms with van der Waals surface area (Å²) in [5.41, 5.74) is 1.59.